The maximum atomic E-state index is 14.1. The lowest BCUT2D eigenvalue weighted by Gasteiger charge is -2.16. The minimum Gasteiger partial charge on any atom is -0.478 e. The fourth-order valence-corrected chi connectivity index (χ4v) is 3.47. The quantitative estimate of drug-likeness (QED) is 0.383. The first-order valence-electron chi connectivity index (χ1n) is 9.33. The molecule has 0 radical (unpaired) electrons. The third kappa shape index (κ3) is 4.57. The largest absolute Gasteiger partial charge is 0.478 e. The molecule has 1 aromatic carbocycles. The summed E-state index contributed by atoms with van der Waals surface area (Å²) in [5.74, 6) is -2.21. The molecule has 1 atom stereocenters. The number of benzene rings is 1. The second-order valence-corrected chi connectivity index (χ2v) is 7.81. The van der Waals surface area contributed by atoms with Gasteiger partial charge in [-0.2, -0.15) is 19.0 Å². The van der Waals surface area contributed by atoms with Crippen molar-refractivity contribution in [3.8, 4) is 11.1 Å². The van der Waals surface area contributed by atoms with Crippen molar-refractivity contribution in [2.45, 2.75) is 19.0 Å². The van der Waals surface area contributed by atoms with E-state index in [1.807, 2.05) is 0 Å². The Morgan fingerprint density at radius 3 is 2.53 bits per heavy atom. The monoisotopic (exact) mass is 505 g/mol. The summed E-state index contributed by atoms with van der Waals surface area (Å²) in [6.45, 7) is -2.74. The summed E-state index contributed by atoms with van der Waals surface area (Å²) in [6, 6.07) is 8.42. The zero-order valence-electron chi connectivity index (χ0n) is 16.2. The third-order valence-corrected chi connectivity index (χ3v) is 5.28. The molecule has 0 aliphatic carbocycles. The highest BCUT2D eigenvalue weighted by molar-refractivity contribution is 9.10. The molecule has 0 amide bonds. The van der Waals surface area contributed by atoms with Gasteiger partial charge in [-0.25, -0.2) is 13.9 Å². The summed E-state index contributed by atoms with van der Waals surface area (Å²) in [4.78, 5) is 15.4. The molecule has 0 aliphatic heterocycles. The molecule has 32 heavy (non-hydrogen) atoms. The number of aromatic carboxylic acids is 1. The Hall–Kier alpha value is -3.47. The first-order valence-corrected chi connectivity index (χ1v) is 10.1. The number of aromatic nitrogens is 5. The van der Waals surface area contributed by atoms with Crippen molar-refractivity contribution < 1.29 is 23.1 Å². The second-order valence-electron chi connectivity index (χ2n) is 6.89. The van der Waals surface area contributed by atoms with E-state index in [0.717, 1.165) is 10.5 Å². The van der Waals surface area contributed by atoms with E-state index in [1.54, 1.807) is 29.2 Å². The van der Waals surface area contributed by atoms with Gasteiger partial charge in [-0.05, 0) is 51.8 Å². The van der Waals surface area contributed by atoms with Crippen LogP contribution >= 0.6 is 15.9 Å². The molecule has 4 rings (SSSR count). The summed E-state index contributed by atoms with van der Waals surface area (Å²) in [7, 11) is 0. The van der Waals surface area contributed by atoms with E-state index < -0.39 is 29.9 Å². The smallest absolute Gasteiger partial charge is 0.338 e. The summed E-state index contributed by atoms with van der Waals surface area (Å²) in [5, 5.41) is 17.3. The number of nitrogens with zero attached hydrogens (tertiary/aromatic N) is 5. The van der Waals surface area contributed by atoms with Crippen molar-refractivity contribution in [1.29, 1.82) is 0 Å². The number of hydrogen-bond acceptors (Lipinski definition) is 4. The predicted molar refractivity (Wildman–Crippen MR) is 112 cm³/mol. The average molecular weight is 506 g/mol. The lowest BCUT2D eigenvalue weighted by molar-refractivity contribution is 0.0561. The highest BCUT2D eigenvalue weighted by Crippen LogP contribution is 2.27. The zero-order valence-corrected chi connectivity index (χ0v) is 17.8. The molecule has 4 aromatic rings. The van der Waals surface area contributed by atoms with E-state index in [9.17, 15) is 18.0 Å². The highest BCUT2D eigenvalue weighted by Gasteiger charge is 2.21. The topological polar surface area (TPSA) is 85.8 Å². The number of pyridine rings is 1. The summed E-state index contributed by atoms with van der Waals surface area (Å²) >= 11 is 3.33. The minimum atomic E-state index is -2.74. The number of hydrogen-bond donors (Lipinski definition) is 1. The van der Waals surface area contributed by atoms with Crippen molar-refractivity contribution in [3.63, 3.8) is 0 Å². The molecule has 0 fully saturated rings. The molecule has 11 heteroatoms. The van der Waals surface area contributed by atoms with E-state index in [2.05, 4.69) is 31.1 Å². The van der Waals surface area contributed by atoms with Crippen LogP contribution in [0, 0.1) is 5.82 Å². The molecule has 0 saturated carbocycles. The number of carbonyl (C=O) groups is 1. The predicted octanol–water partition coefficient (Wildman–Crippen LogP) is 4.97. The molecule has 0 saturated heterocycles. The molecule has 0 spiro atoms. The Labute approximate surface area is 188 Å². The first kappa shape index (κ1) is 21.8. The van der Waals surface area contributed by atoms with Crippen LogP contribution in [-0.2, 0) is 6.42 Å². The van der Waals surface area contributed by atoms with Crippen LogP contribution in [0.1, 0.15) is 34.3 Å². The van der Waals surface area contributed by atoms with Gasteiger partial charge in [0.25, 0.3) is 0 Å². The lowest BCUT2D eigenvalue weighted by atomic mass is 10.1. The Morgan fingerprint density at radius 1 is 1.09 bits per heavy atom. The van der Waals surface area contributed by atoms with E-state index in [0.29, 0.717) is 27.2 Å². The highest BCUT2D eigenvalue weighted by atomic mass is 79.9. The van der Waals surface area contributed by atoms with Crippen LogP contribution in [0.4, 0.5) is 13.2 Å². The van der Waals surface area contributed by atoms with Crippen LogP contribution in [0.2, 0.25) is 0 Å². The normalized spacial score (nSPS) is 12.3. The maximum Gasteiger partial charge on any atom is 0.338 e. The van der Waals surface area contributed by atoms with Gasteiger partial charge in [0.15, 0.2) is 0 Å². The van der Waals surface area contributed by atoms with Gasteiger partial charge in [-0.1, -0.05) is 6.07 Å². The maximum absolute atomic E-state index is 14.1. The van der Waals surface area contributed by atoms with Gasteiger partial charge < -0.3 is 5.11 Å². The number of rotatable bonds is 7. The molecule has 7 nitrogen and oxygen atoms in total. The molecule has 1 unspecified atom stereocenters. The van der Waals surface area contributed by atoms with E-state index in [4.69, 9.17) is 5.11 Å². The molecule has 0 bridgehead atoms. The number of carboxylic acid groups (broad SMARTS) is 1. The molecular weight excluding hydrogens is 491 g/mol. The van der Waals surface area contributed by atoms with Crippen molar-refractivity contribution in [3.05, 3.63) is 88.4 Å². The zero-order chi connectivity index (χ0) is 22.8. The SMILES string of the molecule is O=C(O)c1ccc(-c2cnn(C(Cc3ccn(C(F)F)n3)c3ccc(Br)cn3)c2)cc1F. The number of halogens is 4. The fraction of sp³-hybridized carbons (Fsp3) is 0.143. The third-order valence-electron chi connectivity index (χ3n) is 4.81. The van der Waals surface area contributed by atoms with Crippen molar-refractivity contribution in [2.24, 2.45) is 0 Å². The van der Waals surface area contributed by atoms with Crippen molar-refractivity contribution >= 4 is 21.9 Å². The van der Waals surface area contributed by atoms with Crippen LogP contribution in [0.5, 0.6) is 0 Å². The molecule has 0 aliphatic rings. The minimum absolute atomic E-state index is 0.238. The van der Waals surface area contributed by atoms with Gasteiger partial charge in [0.2, 0.25) is 0 Å². The first-order chi connectivity index (χ1) is 15.3. The summed E-state index contributed by atoms with van der Waals surface area (Å²) in [5.41, 5.74) is 1.63. The Balaban J connectivity index is 1.68. The van der Waals surface area contributed by atoms with Gasteiger partial charge in [-0.15, -0.1) is 0 Å². The standard InChI is InChI=1S/C21H15BrF3N5O2/c22-14-2-4-18(26-10-14)19(8-15-5-6-29(28-15)21(24)25)30-11-13(9-27-30)12-1-3-16(20(31)32)17(23)7-12/h1-7,9-11,19,21H,8H2,(H,31,32). The van der Waals surface area contributed by atoms with Crippen LogP contribution in [-0.4, -0.2) is 35.6 Å². The van der Waals surface area contributed by atoms with Crippen LogP contribution in [0.15, 0.2) is 65.7 Å². The van der Waals surface area contributed by atoms with Gasteiger partial charge in [0.1, 0.15) is 5.82 Å². The molecule has 1 N–H and O–H groups in total. The molecule has 164 valence electrons. The van der Waals surface area contributed by atoms with Crippen molar-refractivity contribution in [1.82, 2.24) is 24.5 Å². The Morgan fingerprint density at radius 2 is 1.91 bits per heavy atom. The van der Waals surface area contributed by atoms with Crippen LogP contribution in [0.3, 0.4) is 0 Å². The lowest BCUT2D eigenvalue weighted by Crippen LogP contribution is -2.16. The van der Waals surface area contributed by atoms with Gasteiger partial charge in [0.05, 0.1) is 29.2 Å². The summed E-state index contributed by atoms with van der Waals surface area (Å²) < 4.78 is 42.9. The Kier molecular flexibility index (Phi) is 6.08. The summed E-state index contributed by atoms with van der Waals surface area (Å²) in [6.07, 6.45) is 6.23. The molecule has 3 aromatic heterocycles. The average Bonchev–Trinajstić information content (AvgIpc) is 3.42. The Bertz CT molecular complexity index is 1260. The van der Waals surface area contributed by atoms with Crippen molar-refractivity contribution in [2.75, 3.05) is 0 Å². The van der Waals surface area contributed by atoms with Gasteiger partial charge >= 0.3 is 12.5 Å². The van der Waals surface area contributed by atoms with Crippen LogP contribution < -0.4 is 0 Å². The fourth-order valence-electron chi connectivity index (χ4n) is 3.24. The van der Waals surface area contributed by atoms with Gasteiger partial charge in [-0.3, -0.25) is 9.67 Å². The number of carboxylic acids is 1. The van der Waals surface area contributed by atoms with E-state index in [1.165, 1.54) is 30.6 Å². The van der Waals surface area contributed by atoms with Crippen LogP contribution in [0.25, 0.3) is 11.1 Å². The molecular formula is C21H15BrF3N5O2. The number of alkyl halides is 2. The van der Waals surface area contributed by atoms with Gasteiger partial charge in [0, 0.05) is 35.0 Å². The molecule has 3 heterocycles. The van der Waals surface area contributed by atoms with E-state index >= 15 is 0 Å². The van der Waals surface area contributed by atoms with E-state index in [-0.39, 0.29) is 6.42 Å². The second kappa shape index (κ2) is 8.95.